The van der Waals surface area contributed by atoms with Crippen molar-refractivity contribution in [1.82, 2.24) is 9.97 Å². The van der Waals surface area contributed by atoms with Gasteiger partial charge in [0.15, 0.2) is 0 Å². The highest BCUT2D eigenvalue weighted by atomic mass is 16.5. The van der Waals surface area contributed by atoms with Crippen LogP contribution in [0.25, 0.3) is 0 Å². The van der Waals surface area contributed by atoms with E-state index in [1.165, 1.54) is 12.8 Å². The van der Waals surface area contributed by atoms with E-state index in [9.17, 15) is 9.90 Å². The van der Waals surface area contributed by atoms with E-state index >= 15 is 0 Å². The number of aromatic nitrogens is 2. The summed E-state index contributed by atoms with van der Waals surface area (Å²) in [5.74, 6) is 2.50. The molecule has 2 aromatic rings. The van der Waals surface area contributed by atoms with E-state index in [-0.39, 0.29) is 12.5 Å². The predicted molar refractivity (Wildman–Crippen MR) is 142 cm³/mol. The third-order valence-corrected chi connectivity index (χ3v) is 7.60. The van der Waals surface area contributed by atoms with Gasteiger partial charge in [0.1, 0.15) is 23.3 Å². The molecule has 3 aliphatic rings. The Morgan fingerprint density at radius 2 is 1.75 bits per heavy atom. The normalized spacial score (nSPS) is 19.3. The van der Waals surface area contributed by atoms with Crippen LogP contribution in [0.3, 0.4) is 0 Å². The first-order valence-corrected chi connectivity index (χ1v) is 13.0. The van der Waals surface area contributed by atoms with Crippen LogP contribution >= 0.6 is 0 Å². The second-order valence-corrected chi connectivity index (χ2v) is 11.2. The fourth-order valence-corrected chi connectivity index (χ4v) is 5.04. The number of nitrogens with zero attached hydrogens (tertiary/aromatic N) is 4. The number of carbonyl (C=O) groups is 1. The number of nitrogens with one attached hydrogen (secondary N) is 2. The van der Waals surface area contributed by atoms with E-state index in [1.54, 1.807) is 0 Å². The summed E-state index contributed by atoms with van der Waals surface area (Å²) in [4.78, 5) is 27.6. The van der Waals surface area contributed by atoms with E-state index in [0.29, 0.717) is 41.6 Å². The largest absolute Gasteiger partial charge is 0.394 e. The molecule has 5 rings (SSSR count). The van der Waals surface area contributed by atoms with E-state index in [0.717, 1.165) is 50.4 Å². The Kier molecular flexibility index (Phi) is 6.78. The number of aliphatic hydroxyl groups excluding tert-OH is 1. The van der Waals surface area contributed by atoms with E-state index in [2.05, 4.69) is 20.4 Å². The topological polar surface area (TPSA) is 103 Å². The summed E-state index contributed by atoms with van der Waals surface area (Å²) in [5.41, 5.74) is 1.58. The summed E-state index contributed by atoms with van der Waals surface area (Å²) in [7, 11) is 0. The van der Waals surface area contributed by atoms with Gasteiger partial charge in [-0.1, -0.05) is 0 Å². The molecular formula is C27H38N6O3. The number of anilines is 4. The van der Waals surface area contributed by atoms with Crippen molar-refractivity contribution in [3.05, 3.63) is 35.4 Å². The van der Waals surface area contributed by atoms with Gasteiger partial charge in [-0.05, 0) is 81.7 Å². The highest BCUT2D eigenvalue weighted by molar-refractivity contribution is 6.07. The number of hydrogen-bond acceptors (Lipinski definition) is 8. The van der Waals surface area contributed by atoms with Crippen LogP contribution in [0, 0.1) is 12.3 Å². The lowest BCUT2D eigenvalue weighted by Gasteiger charge is -2.34. The van der Waals surface area contributed by atoms with Crippen LogP contribution in [0.5, 0.6) is 0 Å². The van der Waals surface area contributed by atoms with Gasteiger partial charge in [0.25, 0.3) is 5.91 Å². The van der Waals surface area contributed by atoms with Gasteiger partial charge in [-0.25, -0.2) is 9.97 Å². The standard InChI is InChI=1S/C27H38N6O3/c1-19-16-22(28-23(17-19)32-12-14-36-15-13-32)30-25(35)20-4-5-21(31-26(2,3)18-34)29-24(20)33-10-8-27(6-7-27)9-11-33/h4-5,16-17,34H,6-15,18H2,1-3H3,(H,29,31)(H,28,30,35). The number of aryl methyl sites for hydroxylation is 1. The molecular weight excluding hydrogens is 456 g/mol. The first-order chi connectivity index (χ1) is 17.3. The van der Waals surface area contributed by atoms with Crippen molar-refractivity contribution in [2.45, 2.75) is 52.0 Å². The molecule has 9 heteroatoms. The van der Waals surface area contributed by atoms with Gasteiger partial charge < -0.3 is 30.3 Å². The third-order valence-electron chi connectivity index (χ3n) is 7.60. The molecule has 2 aromatic heterocycles. The molecule has 9 nitrogen and oxygen atoms in total. The highest BCUT2D eigenvalue weighted by Gasteiger charge is 2.45. The summed E-state index contributed by atoms with van der Waals surface area (Å²) < 4.78 is 5.47. The summed E-state index contributed by atoms with van der Waals surface area (Å²) in [6.45, 7) is 10.5. The lowest BCUT2D eigenvalue weighted by Crippen LogP contribution is -2.38. The second-order valence-electron chi connectivity index (χ2n) is 11.2. The molecule has 3 N–H and O–H groups in total. The number of carbonyl (C=O) groups excluding carboxylic acids is 1. The predicted octanol–water partition coefficient (Wildman–Crippen LogP) is 3.44. The maximum Gasteiger partial charge on any atom is 0.260 e. The monoisotopic (exact) mass is 494 g/mol. The Bertz CT molecular complexity index is 1100. The Labute approximate surface area is 213 Å². The molecule has 36 heavy (non-hydrogen) atoms. The zero-order valence-electron chi connectivity index (χ0n) is 21.6. The molecule has 2 aliphatic heterocycles. The molecule has 0 radical (unpaired) electrons. The molecule has 1 aliphatic carbocycles. The Morgan fingerprint density at radius 3 is 2.42 bits per heavy atom. The van der Waals surface area contributed by atoms with Gasteiger partial charge in [-0.2, -0.15) is 0 Å². The number of ether oxygens (including phenoxy) is 1. The fraction of sp³-hybridized carbons (Fsp3) is 0.593. The first kappa shape index (κ1) is 24.8. The fourth-order valence-electron chi connectivity index (χ4n) is 5.04. The number of hydrogen-bond donors (Lipinski definition) is 3. The van der Waals surface area contributed by atoms with Gasteiger partial charge in [-0.15, -0.1) is 0 Å². The zero-order chi connectivity index (χ0) is 25.3. The van der Waals surface area contributed by atoms with Crippen molar-refractivity contribution in [3.63, 3.8) is 0 Å². The lowest BCUT2D eigenvalue weighted by atomic mass is 9.93. The summed E-state index contributed by atoms with van der Waals surface area (Å²) in [6.07, 6.45) is 4.91. The van der Waals surface area contributed by atoms with Crippen LogP contribution in [-0.2, 0) is 4.74 Å². The van der Waals surface area contributed by atoms with Crippen molar-refractivity contribution in [2.75, 3.05) is 66.4 Å². The molecule has 1 saturated carbocycles. The maximum absolute atomic E-state index is 13.6. The van der Waals surface area contributed by atoms with Gasteiger partial charge in [-0.3, -0.25) is 4.79 Å². The maximum atomic E-state index is 13.6. The molecule has 0 unspecified atom stereocenters. The van der Waals surface area contributed by atoms with Crippen molar-refractivity contribution < 1.29 is 14.6 Å². The number of piperidine rings is 1. The molecule has 2 saturated heterocycles. The van der Waals surface area contributed by atoms with Crippen LogP contribution in [0.15, 0.2) is 24.3 Å². The summed E-state index contributed by atoms with van der Waals surface area (Å²) in [6, 6.07) is 7.57. The molecule has 1 spiro atoms. The molecule has 1 amide bonds. The van der Waals surface area contributed by atoms with E-state index < -0.39 is 5.54 Å². The third kappa shape index (κ3) is 5.57. The summed E-state index contributed by atoms with van der Waals surface area (Å²) >= 11 is 0. The molecule has 4 heterocycles. The quantitative estimate of drug-likeness (QED) is 0.538. The number of pyridine rings is 2. The zero-order valence-corrected chi connectivity index (χ0v) is 21.6. The minimum absolute atomic E-state index is 0.0248. The molecule has 0 bridgehead atoms. The van der Waals surface area contributed by atoms with Crippen LogP contribution in [0.4, 0.5) is 23.3 Å². The Hall–Kier alpha value is -2.91. The number of rotatable bonds is 7. The Balaban J connectivity index is 1.40. The number of aliphatic hydroxyl groups is 1. The molecule has 0 atom stereocenters. The van der Waals surface area contributed by atoms with Crippen molar-refractivity contribution in [2.24, 2.45) is 5.41 Å². The molecule has 3 fully saturated rings. The minimum atomic E-state index is -0.518. The minimum Gasteiger partial charge on any atom is -0.394 e. The number of amides is 1. The van der Waals surface area contributed by atoms with Crippen LogP contribution in [-0.4, -0.2) is 72.5 Å². The second kappa shape index (κ2) is 9.86. The first-order valence-electron chi connectivity index (χ1n) is 13.0. The Morgan fingerprint density at radius 1 is 1.03 bits per heavy atom. The van der Waals surface area contributed by atoms with Gasteiger partial charge in [0, 0.05) is 26.2 Å². The van der Waals surface area contributed by atoms with Crippen LogP contribution in [0.2, 0.25) is 0 Å². The molecule has 0 aromatic carbocycles. The smallest absolute Gasteiger partial charge is 0.260 e. The number of morpholine rings is 1. The summed E-state index contributed by atoms with van der Waals surface area (Å²) in [5, 5.41) is 16.0. The SMILES string of the molecule is Cc1cc(NC(=O)c2ccc(NC(C)(C)CO)nc2N2CCC3(CC2)CC3)nc(N2CCOCC2)c1. The van der Waals surface area contributed by atoms with Gasteiger partial charge >= 0.3 is 0 Å². The van der Waals surface area contributed by atoms with E-state index in [1.807, 2.05) is 45.0 Å². The average molecular weight is 495 g/mol. The van der Waals surface area contributed by atoms with Crippen molar-refractivity contribution in [1.29, 1.82) is 0 Å². The van der Waals surface area contributed by atoms with E-state index in [4.69, 9.17) is 14.7 Å². The average Bonchev–Trinajstić information content (AvgIpc) is 3.63. The lowest BCUT2D eigenvalue weighted by molar-refractivity contribution is 0.102. The van der Waals surface area contributed by atoms with Gasteiger partial charge in [0.05, 0.1) is 30.9 Å². The van der Waals surface area contributed by atoms with Crippen LogP contribution in [0.1, 0.15) is 55.5 Å². The van der Waals surface area contributed by atoms with Gasteiger partial charge in [0.2, 0.25) is 0 Å². The van der Waals surface area contributed by atoms with Crippen molar-refractivity contribution in [3.8, 4) is 0 Å². The molecule has 194 valence electrons. The van der Waals surface area contributed by atoms with Crippen LogP contribution < -0.4 is 20.4 Å². The highest BCUT2D eigenvalue weighted by Crippen LogP contribution is 2.54. The van der Waals surface area contributed by atoms with Crippen molar-refractivity contribution >= 4 is 29.2 Å².